The Hall–Kier alpha value is -1.51. The summed E-state index contributed by atoms with van der Waals surface area (Å²) >= 11 is 6.15. The fourth-order valence-electron chi connectivity index (χ4n) is 2.59. The van der Waals surface area contributed by atoms with Gasteiger partial charge in [0, 0.05) is 16.6 Å². The summed E-state index contributed by atoms with van der Waals surface area (Å²) in [5.41, 5.74) is 5.02. The van der Waals surface area contributed by atoms with Crippen molar-refractivity contribution in [3.63, 3.8) is 0 Å². The van der Waals surface area contributed by atoms with Crippen LogP contribution in [0.25, 0.3) is 0 Å². The molecule has 0 fully saturated rings. The van der Waals surface area contributed by atoms with E-state index in [4.69, 9.17) is 16.3 Å². The number of methoxy groups -OCH3 is 1. The number of hydrogen-bond donors (Lipinski definition) is 1. The fourth-order valence-corrected chi connectivity index (χ4v) is 2.77. The van der Waals surface area contributed by atoms with Crippen LogP contribution in [-0.4, -0.2) is 14.2 Å². The summed E-state index contributed by atoms with van der Waals surface area (Å²) < 4.78 is 5.48. The minimum Gasteiger partial charge on any atom is -0.496 e. The Labute approximate surface area is 132 Å². The van der Waals surface area contributed by atoms with Crippen molar-refractivity contribution in [3.05, 3.63) is 63.7 Å². The van der Waals surface area contributed by atoms with Crippen LogP contribution in [0, 0.1) is 13.8 Å². The molecule has 0 saturated heterocycles. The molecule has 0 bridgehead atoms. The van der Waals surface area contributed by atoms with Crippen molar-refractivity contribution >= 4 is 11.6 Å². The molecular formula is C18H22ClNO. The predicted octanol–water partition coefficient (Wildman–Crippen LogP) is 4.47. The molecular weight excluding hydrogens is 282 g/mol. The smallest absolute Gasteiger partial charge is 0.123 e. The van der Waals surface area contributed by atoms with Crippen LogP contribution in [0.4, 0.5) is 0 Å². The number of hydrogen-bond acceptors (Lipinski definition) is 2. The second kappa shape index (κ2) is 6.97. The van der Waals surface area contributed by atoms with E-state index in [0.29, 0.717) is 0 Å². The molecule has 112 valence electrons. The molecule has 0 radical (unpaired) electrons. The van der Waals surface area contributed by atoms with Crippen molar-refractivity contribution in [1.82, 2.24) is 5.32 Å². The van der Waals surface area contributed by atoms with Crippen molar-refractivity contribution in [2.45, 2.75) is 26.3 Å². The number of benzene rings is 2. The molecule has 0 aromatic heterocycles. The zero-order chi connectivity index (χ0) is 15.4. The summed E-state index contributed by atoms with van der Waals surface area (Å²) in [5.74, 6) is 0.865. The highest BCUT2D eigenvalue weighted by Gasteiger charge is 2.16. The summed E-state index contributed by atoms with van der Waals surface area (Å²) in [6.07, 6.45) is 0.903. The van der Waals surface area contributed by atoms with Gasteiger partial charge in [-0.05, 0) is 56.6 Å². The van der Waals surface area contributed by atoms with Gasteiger partial charge in [0.1, 0.15) is 5.75 Å². The van der Waals surface area contributed by atoms with E-state index in [0.717, 1.165) is 22.8 Å². The predicted molar refractivity (Wildman–Crippen MR) is 89.4 cm³/mol. The molecule has 0 heterocycles. The van der Waals surface area contributed by atoms with Crippen LogP contribution in [0.15, 0.2) is 36.4 Å². The lowest BCUT2D eigenvalue weighted by atomic mass is 9.94. The van der Waals surface area contributed by atoms with Gasteiger partial charge in [-0.3, -0.25) is 0 Å². The van der Waals surface area contributed by atoms with Gasteiger partial charge < -0.3 is 10.1 Å². The zero-order valence-electron chi connectivity index (χ0n) is 13.0. The lowest BCUT2D eigenvalue weighted by molar-refractivity contribution is 0.401. The van der Waals surface area contributed by atoms with Gasteiger partial charge in [-0.1, -0.05) is 35.4 Å². The number of likely N-dealkylation sites (N-methyl/N-ethyl adjacent to an activating group) is 1. The van der Waals surface area contributed by atoms with Crippen molar-refractivity contribution < 1.29 is 4.74 Å². The molecule has 3 heteroatoms. The van der Waals surface area contributed by atoms with E-state index in [9.17, 15) is 0 Å². The maximum Gasteiger partial charge on any atom is 0.123 e. The second-order valence-corrected chi connectivity index (χ2v) is 5.80. The topological polar surface area (TPSA) is 21.3 Å². The molecule has 0 aliphatic carbocycles. The van der Waals surface area contributed by atoms with Crippen LogP contribution in [0.1, 0.15) is 28.3 Å². The van der Waals surface area contributed by atoms with Crippen LogP contribution in [0.2, 0.25) is 5.02 Å². The summed E-state index contributed by atoms with van der Waals surface area (Å²) in [7, 11) is 3.66. The van der Waals surface area contributed by atoms with Gasteiger partial charge in [-0.2, -0.15) is 0 Å². The average molecular weight is 304 g/mol. The van der Waals surface area contributed by atoms with E-state index in [2.05, 4.69) is 37.4 Å². The molecule has 0 saturated carbocycles. The van der Waals surface area contributed by atoms with Crippen LogP contribution in [0.5, 0.6) is 5.75 Å². The number of rotatable bonds is 5. The van der Waals surface area contributed by atoms with Crippen LogP contribution in [0.3, 0.4) is 0 Å². The minimum atomic E-state index is 0.166. The quantitative estimate of drug-likeness (QED) is 0.880. The minimum absolute atomic E-state index is 0.166. The van der Waals surface area contributed by atoms with E-state index in [1.165, 1.54) is 16.7 Å². The molecule has 0 aliphatic rings. The van der Waals surface area contributed by atoms with Crippen LogP contribution >= 0.6 is 11.6 Å². The first kappa shape index (κ1) is 15.9. The first-order valence-electron chi connectivity index (χ1n) is 7.12. The standard InChI is InChI=1S/C18H22ClNO/c1-12-5-6-13(2)14(9-12)10-17(20-3)16-11-15(19)7-8-18(16)21-4/h5-9,11,17,20H,10H2,1-4H3. The largest absolute Gasteiger partial charge is 0.496 e. The van der Waals surface area contributed by atoms with Gasteiger partial charge in [-0.15, -0.1) is 0 Å². The van der Waals surface area contributed by atoms with Crippen molar-refractivity contribution in [2.75, 3.05) is 14.2 Å². The summed E-state index contributed by atoms with van der Waals surface area (Å²) in [4.78, 5) is 0. The first-order chi connectivity index (χ1) is 10.0. The third-order valence-corrected chi connectivity index (χ3v) is 4.08. The number of halogens is 1. The van der Waals surface area contributed by atoms with Crippen molar-refractivity contribution in [2.24, 2.45) is 0 Å². The van der Waals surface area contributed by atoms with E-state index in [1.54, 1.807) is 7.11 Å². The summed E-state index contributed by atoms with van der Waals surface area (Å²) in [6, 6.07) is 12.5. The molecule has 2 rings (SSSR count). The van der Waals surface area contributed by atoms with E-state index < -0.39 is 0 Å². The van der Waals surface area contributed by atoms with Gasteiger partial charge >= 0.3 is 0 Å². The first-order valence-corrected chi connectivity index (χ1v) is 7.49. The number of ether oxygens (including phenoxy) is 1. The van der Waals surface area contributed by atoms with E-state index >= 15 is 0 Å². The molecule has 1 atom stereocenters. The third-order valence-electron chi connectivity index (χ3n) is 3.84. The maximum absolute atomic E-state index is 6.15. The lowest BCUT2D eigenvalue weighted by Crippen LogP contribution is -2.20. The molecule has 0 amide bonds. The molecule has 0 aliphatic heterocycles. The maximum atomic E-state index is 6.15. The molecule has 1 unspecified atom stereocenters. The third kappa shape index (κ3) is 3.78. The molecule has 1 N–H and O–H groups in total. The highest BCUT2D eigenvalue weighted by Crippen LogP contribution is 2.31. The van der Waals surface area contributed by atoms with Gasteiger partial charge in [0.15, 0.2) is 0 Å². The lowest BCUT2D eigenvalue weighted by Gasteiger charge is -2.21. The Morgan fingerprint density at radius 1 is 1.14 bits per heavy atom. The van der Waals surface area contributed by atoms with Crippen LogP contribution in [-0.2, 0) is 6.42 Å². The Kier molecular flexibility index (Phi) is 5.27. The molecule has 2 nitrogen and oxygen atoms in total. The normalized spacial score (nSPS) is 12.2. The Morgan fingerprint density at radius 3 is 2.57 bits per heavy atom. The second-order valence-electron chi connectivity index (χ2n) is 5.36. The highest BCUT2D eigenvalue weighted by molar-refractivity contribution is 6.30. The molecule has 0 spiro atoms. The van der Waals surface area contributed by atoms with Gasteiger partial charge in [0.2, 0.25) is 0 Å². The van der Waals surface area contributed by atoms with Crippen molar-refractivity contribution in [1.29, 1.82) is 0 Å². The monoisotopic (exact) mass is 303 g/mol. The number of aryl methyl sites for hydroxylation is 2. The fraction of sp³-hybridized carbons (Fsp3) is 0.333. The SMILES string of the molecule is CNC(Cc1cc(C)ccc1C)c1cc(Cl)ccc1OC. The van der Waals surface area contributed by atoms with Gasteiger partial charge in [-0.25, -0.2) is 0 Å². The summed E-state index contributed by atoms with van der Waals surface area (Å²) in [6.45, 7) is 4.27. The van der Waals surface area contributed by atoms with Gasteiger partial charge in [0.05, 0.1) is 7.11 Å². The highest BCUT2D eigenvalue weighted by atomic mass is 35.5. The molecule has 2 aromatic carbocycles. The zero-order valence-corrected chi connectivity index (χ0v) is 13.8. The van der Waals surface area contributed by atoms with Crippen LogP contribution < -0.4 is 10.1 Å². The summed E-state index contributed by atoms with van der Waals surface area (Å²) in [5, 5.41) is 4.11. The molecule has 2 aromatic rings. The Morgan fingerprint density at radius 2 is 1.90 bits per heavy atom. The average Bonchev–Trinajstić information content (AvgIpc) is 2.48. The molecule has 21 heavy (non-hydrogen) atoms. The van der Waals surface area contributed by atoms with Gasteiger partial charge in [0.25, 0.3) is 0 Å². The Balaban J connectivity index is 2.36. The number of nitrogens with one attached hydrogen (secondary N) is 1. The van der Waals surface area contributed by atoms with Crippen molar-refractivity contribution in [3.8, 4) is 5.75 Å². The van der Waals surface area contributed by atoms with E-state index in [1.807, 2.05) is 25.2 Å². The van der Waals surface area contributed by atoms with E-state index in [-0.39, 0.29) is 6.04 Å². The Bertz CT molecular complexity index is 625.